The standard InChI is InChI=1S/C28H36N6O4/c1-17(2)37-26(35)23-24(27(5,6)36)33(8)28(7,38-18(3)4)34(23)20-15-13-19(14-16-20)21-11-9-10-12-22(21)25-29-31-32-30-25/h9-18,36H,1-8H3,(H,29,30,31,32). The van der Waals surface area contributed by atoms with Gasteiger partial charge in [0.25, 0.3) is 0 Å². The van der Waals surface area contributed by atoms with Crippen LogP contribution in [-0.4, -0.2) is 67.3 Å². The maximum Gasteiger partial charge on any atom is 0.357 e. The lowest BCUT2D eigenvalue weighted by atomic mass is 9.98. The van der Waals surface area contributed by atoms with Gasteiger partial charge in [-0.1, -0.05) is 36.4 Å². The summed E-state index contributed by atoms with van der Waals surface area (Å²) in [7, 11) is 1.81. The molecule has 1 unspecified atom stereocenters. The number of hydrogen-bond acceptors (Lipinski definition) is 9. The average molecular weight is 521 g/mol. The number of likely N-dealkylation sites (N-methyl/N-ethyl adjacent to an activating group) is 1. The van der Waals surface area contributed by atoms with E-state index in [9.17, 15) is 9.90 Å². The van der Waals surface area contributed by atoms with Crippen molar-refractivity contribution in [3.63, 3.8) is 0 Å². The minimum Gasteiger partial charge on any atom is -0.458 e. The number of benzene rings is 2. The summed E-state index contributed by atoms with van der Waals surface area (Å²) in [6.45, 7) is 12.7. The Morgan fingerprint density at radius 1 is 1.03 bits per heavy atom. The van der Waals surface area contributed by atoms with E-state index in [0.29, 0.717) is 17.2 Å². The molecule has 202 valence electrons. The molecule has 1 aliphatic rings. The van der Waals surface area contributed by atoms with Gasteiger partial charge in [0.05, 0.1) is 17.9 Å². The molecular formula is C28H36N6O4. The first-order valence-corrected chi connectivity index (χ1v) is 12.7. The van der Waals surface area contributed by atoms with E-state index >= 15 is 0 Å². The molecule has 0 fully saturated rings. The quantitative estimate of drug-likeness (QED) is 0.419. The second kappa shape index (κ2) is 10.2. The van der Waals surface area contributed by atoms with Gasteiger partial charge >= 0.3 is 5.97 Å². The van der Waals surface area contributed by atoms with E-state index in [4.69, 9.17) is 9.47 Å². The van der Waals surface area contributed by atoms with Crippen LogP contribution in [0.3, 0.4) is 0 Å². The molecular weight excluding hydrogens is 484 g/mol. The van der Waals surface area contributed by atoms with Crippen molar-refractivity contribution in [2.45, 2.75) is 72.1 Å². The lowest BCUT2D eigenvalue weighted by Crippen LogP contribution is -2.56. The second-order valence-corrected chi connectivity index (χ2v) is 10.5. The smallest absolute Gasteiger partial charge is 0.357 e. The molecule has 10 heteroatoms. The Morgan fingerprint density at radius 2 is 1.66 bits per heavy atom. The van der Waals surface area contributed by atoms with Crippen molar-refractivity contribution in [2.75, 3.05) is 11.9 Å². The van der Waals surface area contributed by atoms with Crippen LogP contribution in [-0.2, 0) is 14.3 Å². The van der Waals surface area contributed by atoms with Gasteiger partial charge in [0.15, 0.2) is 11.5 Å². The zero-order chi connectivity index (χ0) is 27.8. The van der Waals surface area contributed by atoms with Crippen molar-refractivity contribution in [1.82, 2.24) is 25.5 Å². The first kappa shape index (κ1) is 27.3. The van der Waals surface area contributed by atoms with E-state index in [0.717, 1.165) is 16.7 Å². The predicted molar refractivity (Wildman–Crippen MR) is 144 cm³/mol. The summed E-state index contributed by atoms with van der Waals surface area (Å²) >= 11 is 0. The Hall–Kier alpha value is -3.76. The van der Waals surface area contributed by atoms with Gasteiger partial charge in [0.1, 0.15) is 5.60 Å². The summed E-state index contributed by atoms with van der Waals surface area (Å²) in [6.07, 6.45) is -0.511. The third-order valence-electron chi connectivity index (χ3n) is 6.36. The highest BCUT2D eigenvalue weighted by Crippen LogP contribution is 2.46. The molecule has 0 saturated heterocycles. The van der Waals surface area contributed by atoms with Crippen LogP contribution in [0.1, 0.15) is 48.5 Å². The van der Waals surface area contributed by atoms with Gasteiger partial charge in [-0.2, -0.15) is 0 Å². The molecule has 2 heterocycles. The molecule has 0 spiro atoms. The highest BCUT2D eigenvalue weighted by molar-refractivity contribution is 5.96. The number of tetrazole rings is 1. The summed E-state index contributed by atoms with van der Waals surface area (Å²) in [5, 5.41) is 25.5. The van der Waals surface area contributed by atoms with Crippen LogP contribution < -0.4 is 4.90 Å². The Balaban J connectivity index is 1.86. The number of carbonyl (C=O) groups excluding carboxylic acids is 1. The van der Waals surface area contributed by atoms with E-state index in [1.54, 1.807) is 32.6 Å². The Bertz CT molecular complexity index is 1310. The van der Waals surface area contributed by atoms with Crippen molar-refractivity contribution in [2.24, 2.45) is 0 Å². The van der Waals surface area contributed by atoms with Gasteiger partial charge in [-0.25, -0.2) is 9.89 Å². The van der Waals surface area contributed by atoms with Crippen LogP contribution in [0.2, 0.25) is 0 Å². The summed E-state index contributed by atoms with van der Waals surface area (Å²) in [6, 6.07) is 15.6. The Labute approximate surface area is 223 Å². The van der Waals surface area contributed by atoms with Gasteiger partial charge in [-0.05, 0) is 75.2 Å². The largest absolute Gasteiger partial charge is 0.458 e. The zero-order valence-electron chi connectivity index (χ0n) is 23.2. The predicted octanol–water partition coefficient (Wildman–Crippen LogP) is 4.32. The molecule has 4 rings (SSSR count). The van der Waals surface area contributed by atoms with Gasteiger partial charge in [0.2, 0.25) is 5.85 Å². The molecule has 3 aromatic rings. The molecule has 0 radical (unpaired) electrons. The number of rotatable bonds is 8. The zero-order valence-corrected chi connectivity index (χ0v) is 23.2. The number of nitrogens with one attached hydrogen (secondary N) is 1. The van der Waals surface area contributed by atoms with E-state index in [2.05, 4.69) is 20.6 Å². The number of aromatic amines is 1. The minimum atomic E-state index is -1.35. The van der Waals surface area contributed by atoms with E-state index in [-0.39, 0.29) is 17.9 Å². The van der Waals surface area contributed by atoms with Gasteiger partial charge in [0, 0.05) is 25.2 Å². The maximum absolute atomic E-state index is 13.5. The number of aromatic nitrogens is 4. The van der Waals surface area contributed by atoms with Gasteiger partial charge < -0.3 is 19.5 Å². The van der Waals surface area contributed by atoms with Crippen molar-refractivity contribution < 1.29 is 19.4 Å². The lowest BCUT2D eigenvalue weighted by molar-refractivity contribution is -0.147. The molecule has 1 aliphatic heterocycles. The van der Waals surface area contributed by atoms with E-state index in [1.807, 2.05) is 81.2 Å². The van der Waals surface area contributed by atoms with Crippen LogP contribution in [0.4, 0.5) is 5.69 Å². The highest BCUT2D eigenvalue weighted by Gasteiger charge is 2.54. The molecule has 0 saturated carbocycles. The molecule has 1 atom stereocenters. The fraction of sp³-hybridized carbons (Fsp3) is 0.429. The van der Waals surface area contributed by atoms with Crippen LogP contribution >= 0.6 is 0 Å². The second-order valence-electron chi connectivity index (χ2n) is 10.5. The molecule has 1 aromatic heterocycles. The Kier molecular flexibility index (Phi) is 7.31. The normalized spacial score (nSPS) is 18.2. The molecule has 0 bridgehead atoms. The Morgan fingerprint density at radius 3 is 2.18 bits per heavy atom. The number of H-pyrrole nitrogens is 1. The van der Waals surface area contributed by atoms with Crippen LogP contribution in [0, 0.1) is 0 Å². The first-order chi connectivity index (χ1) is 17.8. The molecule has 2 aromatic carbocycles. The number of ether oxygens (including phenoxy) is 2. The van der Waals surface area contributed by atoms with E-state index < -0.39 is 17.4 Å². The average Bonchev–Trinajstić information content (AvgIpc) is 3.44. The van der Waals surface area contributed by atoms with Crippen molar-refractivity contribution in [1.29, 1.82) is 0 Å². The van der Waals surface area contributed by atoms with Crippen molar-refractivity contribution >= 4 is 11.7 Å². The summed E-state index contributed by atoms with van der Waals surface area (Å²) in [4.78, 5) is 17.2. The number of anilines is 1. The third kappa shape index (κ3) is 5.01. The fourth-order valence-electron chi connectivity index (χ4n) is 4.94. The molecule has 2 N–H and O–H groups in total. The maximum atomic E-state index is 13.5. The number of esters is 1. The SMILES string of the molecule is CC(C)OC(=O)C1=C(C(C)(C)O)N(C)C(C)(OC(C)C)N1c1ccc(-c2ccccc2-c2nnn[nH]2)cc1. The van der Waals surface area contributed by atoms with Crippen LogP contribution in [0.15, 0.2) is 59.9 Å². The summed E-state index contributed by atoms with van der Waals surface area (Å²) in [5.74, 6) is -1.08. The molecule has 10 nitrogen and oxygen atoms in total. The lowest BCUT2D eigenvalue weighted by Gasteiger charge is -2.44. The van der Waals surface area contributed by atoms with Crippen LogP contribution in [0.5, 0.6) is 0 Å². The summed E-state index contributed by atoms with van der Waals surface area (Å²) < 4.78 is 12.1. The van der Waals surface area contributed by atoms with E-state index in [1.165, 1.54) is 0 Å². The number of nitrogens with zero attached hydrogens (tertiary/aromatic N) is 5. The van der Waals surface area contributed by atoms with Gasteiger partial charge in [-0.15, -0.1) is 5.10 Å². The number of hydrogen-bond donors (Lipinski definition) is 2. The van der Waals surface area contributed by atoms with Gasteiger partial charge in [-0.3, -0.25) is 4.90 Å². The topological polar surface area (TPSA) is 117 Å². The minimum absolute atomic E-state index is 0.171. The van der Waals surface area contributed by atoms with Crippen molar-refractivity contribution in [3.05, 3.63) is 59.9 Å². The van der Waals surface area contributed by atoms with Crippen LogP contribution in [0.25, 0.3) is 22.5 Å². The fourth-order valence-corrected chi connectivity index (χ4v) is 4.94. The number of aliphatic hydroxyl groups is 1. The monoisotopic (exact) mass is 520 g/mol. The number of carbonyl (C=O) groups is 1. The summed E-state index contributed by atoms with van der Waals surface area (Å²) in [5.41, 5.74) is 2.76. The first-order valence-electron chi connectivity index (χ1n) is 12.7. The molecule has 0 aliphatic carbocycles. The third-order valence-corrected chi connectivity index (χ3v) is 6.36. The molecule has 0 amide bonds. The van der Waals surface area contributed by atoms with Crippen molar-refractivity contribution in [3.8, 4) is 22.5 Å². The highest BCUT2D eigenvalue weighted by atomic mass is 16.6. The molecule has 38 heavy (non-hydrogen) atoms.